The average Bonchev–Trinajstić information content (AvgIpc) is 3.56. The lowest BCUT2D eigenvalue weighted by atomic mass is 9.93. The summed E-state index contributed by atoms with van der Waals surface area (Å²) in [4.78, 5) is 14.7. The summed E-state index contributed by atoms with van der Waals surface area (Å²) in [5.41, 5.74) is 8.54. The van der Waals surface area contributed by atoms with Crippen molar-refractivity contribution >= 4 is 54.3 Å². The highest BCUT2D eigenvalue weighted by atomic mass is 16.3. The number of hydrogen-bond acceptors (Lipinski definition) is 4. The average molecular weight is 626 g/mol. The van der Waals surface area contributed by atoms with Gasteiger partial charge >= 0.3 is 0 Å². The van der Waals surface area contributed by atoms with Crippen LogP contribution in [-0.2, 0) is 0 Å². The molecule has 4 heteroatoms. The Morgan fingerprint density at radius 2 is 1.10 bits per heavy atom. The van der Waals surface area contributed by atoms with E-state index in [-0.39, 0.29) is 0 Å². The molecule has 0 N–H and O–H groups in total. The quantitative estimate of drug-likeness (QED) is 0.183. The molecule has 0 aliphatic rings. The maximum atomic E-state index is 6.44. The van der Waals surface area contributed by atoms with E-state index >= 15 is 0 Å². The van der Waals surface area contributed by atoms with Gasteiger partial charge in [-0.25, -0.2) is 9.97 Å². The predicted molar refractivity (Wildman–Crippen MR) is 201 cm³/mol. The lowest BCUT2D eigenvalue weighted by Gasteiger charge is -2.13. The number of rotatable bonds is 4. The maximum Gasteiger partial charge on any atom is 0.160 e. The van der Waals surface area contributed by atoms with Crippen LogP contribution in [0.5, 0.6) is 0 Å². The van der Waals surface area contributed by atoms with Crippen molar-refractivity contribution in [3.8, 4) is 45.2 Å². The summed E-state index contributed by atoms with van der Waals surface area (Å²) in [5.74, 6) is 0.670. The zero-order chi connectivity index (χ0) is 32.3. The number of aromatic nitrogens is 3. The molecular weight excluding hydrogens is 599 g/mol. The van der Waals surface area contributed by atoms with E-state index in [1.165, 1.54) is 21.5 Å². The molecule has 0 amide bonds. The lowest BCUT2D eigenvalue weighted by molar-refractivity contribution is 0.669. The highest BCUT2D eigenvalue weighted by molar-refractivity contribution is 6.27. The number of nitrogens with zero attached hydrogens (tertiary/aromatic N) is 3. The van der Waals surface area contributed by atoms with Crippen molar-refractivity contribution in [3.63, 3.8) is 0 Å². The number of furan rings is 1. The second-order valence-corrected chi connectivity index (χ2v) is 12.4. The van der Waals surface area contributed by atoms with Crippen LogP contribution in [0.4, 0.5) is 0 Å². The van der Waals surface area contributed by atoms with Crippen LogP contribution in [0.3, 0.4) is 0 Å². The van der Waals surface area contributed by atoms with Crippen molar-refractivity contribution < 1.29 is 4.42 Å². The minimum atomic E-state index is 0.670. The molecule has 0 saturated carbocycles. The van der Waals surface area contributed by atoms with E-state index in [1.807, 2.05) is 48.5 Å². The Hall–Kier alpha value is -6.65. The summed E-state index contributed by atoms with van der Waals surface area (Å²) >= 11 is 0. The van der Waals surface area contributed by atoms with Crippen LogP contribution >= 0.6 is 0 Å². The summed E-state index contributed by atoms with van der Waals surface area (Å²) in [6.07, 6.45) is 1.80. The molecule has 0 atom stereocenters. The van der Waals surface area contributed by atoms with Crippen LogP contribution in [0.1, 0.15) is 0 Å². The largest absolute Gasteiger partial charge is 0.456 e. The normalized spacial score (nSPS) is 11.7. The van der Waals surface area contributed by atoms with Crippen LogP contribution in [0, 0.1) is 0 Å². The monoisotopic (exact) mass is 625 g/mol. The Balaban J connectivity index is 1.18. The van der Waals surface area contributed by atoms with Crippen LogP contribution in [0.25, 0.3) is 99.4 Å². The van der Waals surface area contributed by atoms with Crippen molar-refractivity contribution in [3.05, 3.63) is 164 Å². The number of hydrogen-bond donors (Lipinski definition) is 0. The summed E-state index contributed by atoms with van der Waals surface area (Å²) in [5, 5.41) is 9.45. The highest BCUT2D eigenvalue weighted by Crippen LogP contribution is 2.41. The number of fused-ring (bicyclic) bond motifs is 8. The molecule has 0 fully saturated rings. The van der Waals surface area contributed by atoms with Gasteiger partial charge in [-0.2, -0.15) is 0 Å². The molecule has 0 bridgehead atoms. The minimum absolute atomic E-state index is 0.670. The van der Waals surface area contributed by atoms with Crippen molar-refractivity contribution in [1.82, 2.24) is 15.0 Å². The van der Waals surface area contributed by atoms with Gasteiger partial charge in [0.2, 0.25) is 0 Å². The standard InChI is InChI=1S/C45H27N3O/c1-2-11-30(12-3-1)45-47-39(27-40(48-45)38-18-6-7-25-46-38)36-17-9-15-34-32(14-8-16-35(34)36)31-22-23-41-37(26-31)44-42(49-41)24-21-29-20-19-28-10-4-5-13-33(28)43(29)44/h1-27H. The first-order valence-corrected chi connectivity index (χ1v) is 16.4. The molecule has 4 nitrogen and oxygen atoms in total. The van der Waals surface area contributed by atoms with Crippen LogP contribution < -0.4 is 0 Å². The van der Waals surface area contributed by atoms with Crippen molar-refractivity contribution in [2.75, 3.05) is 0 Å². The molecule has 3 aromatic heterocycles. The van der Waals surface area contributed by atoms with Crippen molar-refractivity contribution in [2.45, 2.75) is 0 Å². The fraction of sp³-hybridized carbons (Fsp3) is 0. The molecule has 0 aliphatic carbocycles. The maximum absolute atomic E-state index is 6.44. The van der Waals surface area contributed by atoms with Crippen LogP contribution in [0.2, 0.25) is 0 Å². The molecule has 10 rings (SSSR count). The third kappa shape index (κ3) is 4.49. The van der Waals surface area contributed by atoms with Gasteiger partial charge < -0.3 is 4.42 Å². The van der Waals surface area contributed by atoms with E-state index in [9.17, 15) is 0 Å². The summed E-state index contributed by atoms with van der Waals surface area (Å²) < 4.78 is 6.44. The molecular formula is C45H27N3O. The molecule has 0 saturated heterocycles. The molecule has 0 aliphatic heterocycles. The molecule has 0 radical (unpaired) electrons. The van der Waals surface area contributed by atoms with Gasteiger partial charge in [-0.05, 0) is 74.5 Å². The van der Waals surface area contributed by atoms with Crippen LogP contribution in [0.15, 0.2) is 168 Å². The molecule has 10 aromatic rings. The van der Waals surface area contributed by atoms with Gasteiger partial charge in [0.05, 0.1) is 17.1 Å². The molecule has 7 aromatic carbocycles. The second kappa shape index (κ2) is 11.0. The molecule has 49 heavy (non-hydrogen) atoms. The SMILES string of the molecule is c1ccc(-c2nc(-c3ccccn3)cc(-c3cccc4c(-c5ccc6oc7ccc8ccc9ccccc9c8c7c6c5)cccc34)n2)cc1. The fourth-order valence-electron chi connectivity index (χ4n) is 7.26. The van der Waals surface area contributed by atoms with Gasteiger partial charge in [0.1, 0.15) is 11.2 Å². The molecule has 228 valence electrons. The van der Waals surface area contributed by atoms with Gasteiger partial charge in [-0.15, -0.1) is 0 Å². The topological polar surface area (TPSA) is 51.8 Å². The van der Waals surface area contributed by atoms with Gasteiger partial charge in [-0.3, -0.25) is 4.98 Å². The van der Waals surface area contributed by atoms with Crippen LogP contribution in [-0.4, -0.2) is 15.0 Å². The lowest BCUT2D eigenvalue weighted by Crippen LogP contribution is -1.97. The van der Waals surface area contributed by atoms with E-state index in [4.69, 9.17) is 14.4 Å². The van der Waals surface area contributed by atoms with Gasteiger partial charge in [-0.1, -0.05) is 121 Å². The molecule has 0 spiro atoms. The Kier molecular flexibility index (Phi) is 6.15. The zero-order valence-electron chi connectivity index (χ0n) is 26.3. The molecule has 0 unspecified atom stereocenters. The smallest absolute Gasteiger partial charge is 0.160 e. The zero-order valence-corrected chi connectivity index (χ0v) is 26.3. The van der Waals surface area contributed by atoms with Gasteiger partial charge in [0.25, 0.3) is 0 Å². The van der Waals surface area contributed by atoms with E-state index < -0.39 is 0 Å². The fourth-order valence-corrected chi connectivity index (χ4v) is 7.26. The third-order valence-corrected chi connectivity index (χ3v) is 9.54. The van der Waals surface area contributed by atoms with E-state index in [2.05, 4.69) is 114 Å². The summed E-state index contributed by atoms with van der Waals surface area (Å²) in [7, 11) is 0. The van der Waals surface area contributed by atoms with Gasteiger partial charge in [0, 0.05) is 33.5 Å². The predicted octanol–water partition coefficient (Wildman–Crippen LogP) is 11.9. The Labute approximate surface area is 282 Å². The third-order valence-electron chi connectivity index (χ3n) is 9.54. The summed E-state index contributed by atoms with van der Waals surface area (Å²) in [6.45, 7) is 0. The Morgan fingerprint density at radius 3 is 1.98 bits per heavy atom. The van der Waals surface area contributed by atoms with E-state index in [1.54, 1.807) is 6.20 Å². The first-order valence-electron chi connectivity index (χ1n) is 16.4. The van der Waals surface area contributed by atoms with Gasteiger partial charge in [0.15, 0.2) is 5.82 Å². The van der Waals surface area contributed by atoms with Crippen molar-refractivity contribution in [2.24, 2.45) is 0 Å². The number of benzene rings is 7. The summed E-state index contributed by atoms with van der Waals surface area (Å²) in [6, 6.07) is 54.9. The van der Waals surface area contributed by atoms with Crippen molar-refractivity contribution in [1.29, 1.82) is 0 Å². The molecule has 3 heterocycles. The first kappa shape index (κ1) is 27.5. The Bertz CT molecular complexity index is 2820. The first-order chi connectivity index (χ1) is 24.3. The Morgan fingerprint density at radius 1 is 0.388 bits per heavy atom. The highest BCUT2D eigenvalue weighted by Gasteiger charge is 2.17. The minimum Gasteiger partial charge on any atom is -0.456 e. The van der Waals surface area contributed by atoms with E-state index in [0.29, 0.717) is 5.82 Å². The second-order valence-electron chi connectivity index (χ2n) is 12.4. The van der Waals surface area contributed by atoms with E-state index in [0.717, 1.165) is 72.0 Å². The number of pyridine rings is 1.